The predicted octanol–water partition coefficient (Wildman–Crippen LogP) is 2.43. The Bertz CT molecular complexity index is 246. The SMILES string of the molecule is CC1CCCC(OCC(O)CNCC2CCCS2)C1. The molecule has 0 aromatic rings. The summed E-state index contributed by atoms with van der Waals surface area (Å²) in [6.45, 7) is 4.48. The summed E-state index contributed by atoms with van der Waals surface area (Å²) in [7, 11) is 0. The molecule has 2 fully saturated rings. The highest BCUT2D eigenvalue weighted by Gasteiger charge is 2.20. The van der Waals surface area contributed by atoms with Crippen molar-refractivity contribution in [1.29, 1.82) is 0 Å². The summed E-state index contributed by atoms with van der Waals surface area (Å²) in [6, 6.07) is 0. The van der Waals surface area contributed by atoms with Gasteiger partial charge in [-0.05, 0) is 37.4 Å². The molecule has 2 N–H and O–H groups in total. The molecule has 3 nitrogen and oxygen atoms in total. The normalized spacial score (nSPS) is 33.5. The Hall–Kier alpha value is 0.230. The Balaban J connectivity index is 1.50. The van der Waals surface area contributed by atoms with Crippen LogP contribution >= 0.6 is 11.8 Å². The van der Waals surface area contributed by atoms with Crippen LogP contribution in [0.3, 0.4) is 0 Å². The maximum absolute atomic E-state index is 9.93. The fraction of sp³-hybridized carbons (Fsp3) is 1.00. The van der Waals surface area contributed by atoms with Gasteiger partial charge >= 0.3 is 0 Å². The number of rotatable bonds is 7. The molecule has 0 bridgehead atoms. The molecule has 1 heterocycles. The molecule has 2 aliphatic rings. The molecule has 112 valence electrons. The third-order valence-corrected chi connectivity index (χ3v) is 5.59. The standard InChI is InChI=1S/C15H29NO2S/c1-12-4-2-5-14(8-12)18-11-13(17)9-16-10-15-6-3-7-19-15/h12-17H,2-11H2,1H3. The van der Waals surface area contributed by atoms with Gasteiger partial charge in [-0.1, -0.05) is 19.8 Å². The lowest BCUT2D eigenvalue weighted by atomic mass is 9.89. The smallest absolute Gasteiger partial charge is 0.0897 e. The molecule has 0 aromatic heterocycles. The third-order valence-electron chi connectivity index (χ3n) is 4.19. The summed E-state index contributed by atoms with van der Waals surface area (Å²) >= 11 is 2.05. The maximum atomic E-state index is 9.93. The number of aliphatic hydroxyl groups is 1. The molecule has 1 saturated heterocycles. The zero-order valence-corrected chi connectivity index (χ0v) is 13.0. The van der Waals surface area contributed by atoms with Crippen molar-refractivity contribution < 1.29 is 9.84 Å². The van der Waals surface area contributed by atoms with Crippen LogP contribution < -0.4 is 5.32 Å². The van der Waals surface area contributed by atoms with Gasteiger partial charge in [0, 0.05) is 18.3 Å². The summed E-state index contributed by atoms with van der Waals surface area (Å²) in [4.78, 5) is 0. The molecule has 19 heavy (non-hydrogen) atoms. The highest BCUT2D eigenvalue weighted by molar-refractivity contribution is 8.00. The number of hydrogen-bond donors (Lipinski definition) is 2. The largest absolute Gasteiger partial charge is 0.389 e. The number of nitrogens with one attached hydrogen (secondary N) is 1. The van der Waals surface area contributed by atoms with Gasteiger partial charge < -0.3 is 15.2 Å². The van der Waals surface area contributed by atoms with E-state index in [0.717, 1.165) is 17.7 Å². The molecular weight excluding hydrogens is 258 g/mol. The van der Waals surface area contributed by atoms with Gasteiger partial charge in [-0.15, -0.1) is 0 Å². The Morgan fingerprint density at radius 1 is 1.32 bits per heavy atom. The number of aliphatic hydroxyl groups excluding tert-OH is 1. The second kappa shape index (κ2) is 8.50. The zero-order chi connectivity index (χ0) is 13.5. The minimum absolute atomic E-state index is 0.358. The molecule has 1 saturated carbocycles. The summed E-state index contributed by atoms with van der Waals surface area (Å²) in [5.41, 5.74) is 0. The number of ether oxygens (including phenoxy) is 1. The molecular formula is C15H29NO2S. The van der Waals surface area contributed by atoms with Gasteiger partial charge in [-0.3, -0.25) is 0 Å². The average molecular weight is 287 g/mol. The Labute approximate surface area is 121 Å². The molecule has 0 amide bonds. The first-order valence-corrected chi connectivity index (χ1v) is 8.91. The number of hydrogen-bond acceptors (Lipinski definition) is 4. The van der Waals surface area contributed by atoms with Crippen LogP contribution in [0.1, 0.15) is 45.4 Å². The van der Waals surface area contributed by atoms with Crippen LogP contribution in [0.5, 0.6) is 0 Å². The minimum Gasteiger partial charge on any atom is -0.389 e. The van der Waals surface area contributed by atoms with Crippen molar-refractivity contribution in [2.75, 3.05) is 25.4 Å². The van der Waals surface area contributed by atoms with Gasteiger partial charge in [-0.25, -0.2) is 0 Å². The molecule has 2 rings (SSSR count). The van der Waals surface area contributed by atoms with E-state index in [1.165, 1.54) is 44.3 Å². The van der Waals surface area contributed by atoms with Crippen molar-refractivity contribution in [1.82, 2.24) is 5.32 Å². The van der Waals surface area contributed by atoms with Crippen molar-refractivity contribution in [3.8, 4) is 0 Å². The van der Waals surface area contributed by atoms with Crippen LogP contribution in [0.25, 0.3) is 0 Å². The molecule has 0 aromatic carbocycles. The van der Waals surface area contributed by atoms with E-state index in [9.17, 15) is 5.11 Å². The highest BCUT2D eigenvalue weighted by atomic mass is 32.2. The van der Waals surface area contributed by atoms with E-state index in [1.807, 2.05) is 0 Å². The Morgan fingerprint density at radius 3 is 2.95 bits per heavy atom. The van der Waals surface area contributed by atoms with Crippen LogP contribution in [0.15, 0.2) is 0 Å². The average Bonchev–Trinajstić information content (AvgIpc) is 2.90. The predicted molar refractivity (Wildman–Crippen MR) is 81.7 cm³/mol. The van der Waals surface area contributed by atoms with E-state index in [2.05, 4.69) is 24.0 Å². The van der Waals surface area contributed by atoms with Crippen molar-refractivity contribution in [3.63, 3.8) is 0 Å². The third kappa shape index (κ3) is 6.03. The van der Waals surface area contributed by atoms with E-state index in [0.29, 0.717) is 19.3 Å². The van der Waals surface area contributed by atoms with Gasteiger partial charge in [0.2, 0.25) is 0 Å². The fourth-order valence-corrected chi connectivity index (χ4v) is 4.29. The molecule has 1 aliphatic heterocycles. The summed E-state index contributed by atoms with van der Waals surface area (Å²) in [5, 5.41) is 14.1. The molecule has 0 radical (unpaired) electrons. The first kappa shape index (κ1) is 15.6. The quantitative estimate of drug-likeness (QED) is 0.754. The maximum Gasteiger partial charge on any atom is 0.0897 e. The van der Waals surface area contributed by atoms with Gasteiger partial charge in [-0.2, -0.15) is 11.8 Å². The molecule has 4 atom stereocenters. The topological polar surface area (TPSA) is 41.5 Å². The lowest BCUT2D eigenvalue weighted by molar-refractivity contribution is -0.0305. The van der Waals surface area contributed by atoms with Crippen molar-refractivity contribution in [2.24, 2.45) is 5.92 Å². The monoisotopic (exact) mass is 287 g/mol. The van der Waals surface area contributed by atoms with E-state index < -0.39 is 0 Å². The molecule has 4 unspecified atom stereocenters. The highest BCUT2D eigenvalue weighted by Crippen LogP contribution is 2.26. The van der Waals surface area contributed by atoms with Crippen molar-refractivity contribution in [3.05, 3.63) is 0 Å². The number of thioether (sulfide) groups is 1. The Morgan fingerprint density at radius 2 is 2.21 bits per heavy atom. The van der Waals surface area contributed by atoms with Gasteiger partial charge in [0.05, 0.1) is 18.8 Å². The fourth-order valence-electron chi connectivity index (χ4n) is 3.05. The molecule has 1 aliphatic carbocycles. The minimum atomic E-state index is -0.358. The summed E-state index contributed by atoms with van der Waals surface area (Å²) in [5.74, 6) is 2.09. The van der Waals surface area contributed by atoms with Crippen LogP contribution in [-0.4, -0.2) is 48.0 Å². The lowest BCUT2D eigenvalue weighted by Gasteiger charge is -2.27. The van der Waals surface area contributed by atoms with E-state index >= 15 is 0 Å². The van der Waals surface area contributed by atoms with E-state index in [1.54, 1.807) is 0 Å². The second-order valence-electron chi connectivity index (χ2n) is 6.17. The van der Waals surface area contributed by atoms with Crippen LogP contribution in [0.4, 0.5) is 0 Å². The van der Waals surface area contributed by atoms with E-state index in [-0.39, 0.29) is 6.10 Å². The molecule has 0 spiro atoms. The second-order valence-corrected chi connectivity index (χ2v) is 7.58. The van der Waals surface area contributed by atoms with E-state index in [4.69, 9.17) is 4.74 Å². The van der Waals surface area contributed by atoms with Crippen molar-refractivity contribution in [2.45, 2.75) is 62.9 Å². The summed E-state index contributed by atoms with van der Waals surface area (Å²) in [6.07, 6.45) is 7.64. The Kier molecular flexibility index (Phi) is 6.99. The molecule has 4 heteroatoms. The van der Waals surface area contributed by atoms with Crippen LogP contribution in [-0.2, 0) is 4.74 Å². The lowest BCUT2D eigenvalue weighted by Crippen LogP contribution is -2.35. The van der Waals surface area contributed by atoms with Gasteiger partial charge in [0.1, 0.15) is 0 Å². The van der Waals surface area contributed by atoms with Crippen LogP contribution in [0, 0.1) is 5.92 Å². The van der Waals surface area contributed by atoms with Gasteiger partial charge in [0.15, 0.2) is 0 Å². The first-order valence-electron chi connectivity index (χ1n) is 7.86. The van der Waals surface area contributed by atoms with Crippen molar-refractivity contribution >= 4 is 11.8 Å². The zero-order valence-electron chi connectivity index (χ0n) is 12.1. The summed E-state index contributed by atoms with van der Waals surface area (Å²) < 4.78 is 5.84. The van der Waals surface area contributed by atoms with Gasteiger partial charge in [0.25, 0.3) is 0 Å². The first-order chi connectivity index (χ1) is 9.24. The van der Waals surface area contributed by atoms with Crippen LogP contribution in [0.2, 0.25) is 0 Å².